The Morgan fingerprint density at radius 2 is 1.61 bits per heavy atom. The predicted octanol–water partition coefficient (Wildman–Crippen LogP) is -0.377. The van der Waals surface area contributed by atoms with Crippen LogP contribution in [0.5, 0.6) is 0 Å². The van der Waals surface area contributed by atoms with Crippen LogP contribution in [0.1, 0.15) is 90.0 Å². The average Bonchev–Trinajstić information content (AvgIpc) is 3.85. The third-order valence-corrected chi connectivity index (χ3v) is 10.6. The zero-order valence-corrected chi connectivity index (χ0v) is 34.0. The van der Waals surface area contributed by atoms with Gasteiger partial charge in [0.25, 0.3) is 0 Å². The molecule has 1 aromatic heterocycles. The van der Waals surface area contributed by atoms with E-state index >= 15 is 0 Å². The molecule has 324 valence electrons. The minimum Gasteiger partial charge on any atom is -0.480 e. The molecule has 2 aliphatic rings. The first-order valence-electron chi connectivity index (χ1n) is 20.5. The number of amides is 6. The van der Waals surface area contributed by atoms with Crippen molar-refractivity contribution in [2.45, 2.75) is 127 Å². The van der Waals surface area contributed by atoms with Gasteiger partial charge < -0.3 is 58.8 Å². The number of nitrogens with two attached hydrogens (primary N) is 3. The number of aromatic nitrogens is 1. The number of hydrogen-bond acceptors (Lipinski definition) is 9. The Morgan fingerprint density at radius 3 is 2.32 bits per heavy atom. The maximum Gasteiger partial charge on any atom is 0.326 e. The highest BCUT2D eigenvalue weighted by atomic mass is 16.4. The van der Waals surface area contributed by atoms with Crippen molar-refractivity contribution in [3.8, 4) is 0 Å². The van der Waals surface area contributed by atoms with Crippen LogP contribution < -0.4 is 43.8 Å². The van der Waals surface area contributed by atoms with E-state index in [1.54, 1.807) is 6.20 Å². The van der Waals surface area contributed by atoms with Crippen LogP contribution in [0.25, 0.3) is 10.9 Å². The Hall–Kier alpha value is -5.72. The van der Waals surface area contributed by atoms with Gasteiger partial charge in [0.2, 0.25) is 35.4 Å². The molecule has 6 amide bonds. The Kier molecular flexibility index (Phi) is 17.5. The van der Waals surface area contributed by atoms with Crippen LogP contribution in [0, 0.1) is 5.92 Å². The van der Waals surface area contributed by atoms with E-state index in [0.717, 1.165) is 10.9 Å². The molecule has 4 rings (SSSR count). The minimum atomic E-state index is -1.30. The van der Waals surface area contributed by atoms with Crippen molar-refractivity contribution in [2.24, 2.45) is 28.1 Å². The Labute approximate surface area is 343 Å². The second-order valence-electron chi connectivity index (χ2n) is 15.7. The molecule has 2 aromatic rings. The third kappa shape index (κ3) is 13.7. The molecule has 0 saturated carbocycles. The van der Waals surface area contributed by atoms with Crippen LogP contribution in [0.3, 0.4) is 0 Å². The van der Waals surface area contributed by atoms with Gasteiger partial charge in [-0.1, -0.05) is 32.0 Å². The van der Waals surface area contributed by atoms with Crippen molar-refractivity contribution in [1.82, 2.24) is 36.5 Å². The molecule has 0 unspecified atom stereocenters. The molecule has 19 nitrogen and oxygen atoms in total. The quantitative estimate of drug-likeness (QED) is 0.0627. The number of carboxylic acids is 1. The summed E-state index contributed by atoms with van der Waals surface area (Å²) in [5.41, 5.74) is 18.2. The molecule has 1 aromatic carbocycles. The number of nitrogens with one attached hydrogen (secondary N) is 6. The highest BCUT2D eigenvalue weighted by Gasteiger charge is 2.40. The Bertz CT molecular complexity index is 1830. The van der Waals surface area contributed by atoms with Gasteiger partial charge >= 0.3 is 5.97 Å². The summed E-state index contributed by atoms with van der Waals surface area (Å²) in [5.74, 6) is -5.15. The summed E-state index contributed by atoms with van der Waals surface area (Å²) in [4.78, 5) is 105. The third-order valence-electron chi connectivity index (χ3n) is 10.6. The normalized spacial score (nSPS) is 22.9. The van der Waals surface area contributed by atoms with Crippen LogP contribution in [-0.2, 0) is 40.0 Å². The van der Waals surface area contributed by atoms with Gasteiger partial charge in [0, 0.05) is 43.0 Å². The Morgan fingerprint density at radius 1 is 0.898 bits per heavy atom. The molecule has 59 heavy (non-hydrogen) atoms. The zero-order chi connectivity index (χ0) is 43.1. The van der Waals surface area contributed by atoms with Crippen molar-refractivity contribution in [3.05, 3.63) is 36.0 Å². The molecule has 0 aliphatic carbocycles. The summed E-state index contributed by atoms with van der Waals surface area (Å²) in [5, 5.41) is 24.4. The molecule has 6 atom stereocenters. The van der Waals surface area contributed by atoms with E-state index in [9.17, 15) is 38.7 Å². The number of guanidine groups is 1. The predicted molar refractivity (Wildman–Crippen MR) is 220 cm³/mol. The van der Waals surface area contributed by atoms with Gasteiger partial charge in [0.05, 0.1) is 0 Å². The first-order chi connectivity index (χ1) is 28.2. The van der Waals surface area contributed by atoms with Gasteiger partial charge in [-0.15, -0.1) is 0 Å². The molecular weight excluding hydrogens is 763 g/mol. The highest BCUT2D eigenvalue weighted by molar-refractivity contribution is 5.97. The van der Waals surface area contributed by atoms with Crippen LogP contribution >= 0.6 is 0 Å². The number of unbranched alkanes of at least 4 members (excludes halogenated alkanes) is 1. The average molecular weight is 824 g/mol. The number of H-pyrrole nitrogens is 1. The van der Waals surface area contributed by atoms with Crippen LogP contribution in [0.15, 0.2) is 35.5 Å². The smallest absolute Gasteiger partial charge is 0.326 e. The number of aliphatic imine (C=N–C) groups is 1. The number of para-hydroxylation sites is 1. The number of fused-ring (bicyclic) bond motifs is 2. The fourth-order valence-corrected chi connectivity index (χ4v) is 7.54. The minimum absolute atomic E-state index is 0.00639. The number of benzene rings is 1. The van der Waals surface area contributed by atoms with Gasteiger partial charge in [-0.3, -0.25) is 33.8 Å². The molecule has 0 spiro atoms. The summed E-state index contributed by atoms with van der Waals surface area (Å²) >= 11 is 0. The molecule has 0 bridgehead atoms. The van der Waals surface area contributed by atoms with Gasteiger partial charge in [0.15, 0.2) is 5.96 Å². The summed E-state index contributed by atoms with van der Waals surface area (Å²) in [6, 6.07) is 0.550. The largest absolute Gasteiger partial charge is 0.480 e. The second kappa shape index (κ2) is 22.4. The fourth-order valence-electron chi connectivity index (χ4n) is 7.54. The molecule has 2 aliphatic heterocycles. The maximum atomic E-state index is 14.3. The van der Waals surface area contributed by atoms with E-state index in [0.29, 0.717) is 44.2 Å². The second-order valence-corrected chi connectivity index (χ2v) is 15.7. The number of carbonyl (C=O) groups is 7. The van der Waals surface area contributed by atoms with Crippen LogP contribution in [0.4, 0.5) is 0 Å². The molecule has 2 fully saturated rings. The zero-order valence-electron chi connectivity index (χ0n) is 34.0. The summed E-state index contributed by atoms with van der Waals surface area (Å²) < 4.78 is 0. The van der Waals surface area contributed by atoms with Gasteiger partial charge in [0.1, 0.15) is 36.3 Å². The first kappa shape index (κ1) is 46.0. The van der Waals surface area contributed by atoms with Crippen molar-refractivity contribution >= 4 is 58.3 Å². The van der Waals surface area contributed by atoms with Crippen LogP contribution in [0.2, 0.25) is 0 Å². The molecule has 2 saturated heterocycles. The number of rotatable bonds is 15. The van der Waals surface area contributed by atoms with Crippen LogP contribution in [-0.4, -0.2) is 118 Å². The SMILES string of the molecule is CC(C)C[C@H](NC(=O)[C@@H]1CCCC(=O)N[C@@H](CCCN=C(N)N)C(=O)N[C@@H](CCCCN)C(=O)N2CCC[C@H]2C(=O)N[C@@H](Cc2c[nH]c3ccccc23)C(=O)N1)C(=O)O. The van der Waals surface area contributed by atoms with E-state index in [1.165, 1.54) is 4.90 Å². The Balaban J connectivity index is 1.71. The summed E-state index contributed by atoms with van der Waals surface area (Å²) in [6.45, 7) is 4.39. The lowest BCUT2D eigenvalue weighted by atomic mass is 10.0. The summed E-state index contributed by atoms with van der Waals surface area (Å²) in [6.07, 6.45) is 4.20. The number of nitrogens with zero attached hydrogens (tertiary/aromatic N) is 2. The van der Waals surface area contributed by atoms with E-state index in [2.05, 4.69) is 36.6 Å². The lowest BCUT2D eigenvalue weighted by molar-refractivity contribution is -0.143. The van der Waals surface area contributed by atoms with Gasteiger partial charge in [-0.2, -0.15) is 0 Å². The van der Waals surface area contributed by atoms with Gasteiger partial charge in [-0.05, 0) is 88.3 Å². The number of hydrogen-bond donors (Lipinski definition) is 10. The van der Waals surface area contributed by atoms with E-state index in [-0.39, 0.29) is 69.9 Å². The first-order valence-corrected chi connectivity index (χ1v) is 20.5. The number of aliphatic carboxylic acids is 1. The van der Waals surface area contributed by atoms with Crippen molar-refractivity contribution in [1.29, 1.82) is 0 Å². The van der Waals surface area contributed by atoms with Crippen molar-refractivity contribution in [3.63, 3.8) is 0 Å². The maximum absolute atomic E-state index is 14.3. The topological polar surface area (TPSA) is 309 Å². The van der Waals surface area contributed by atoms with E-state index < -0.39 is 77.7 Å². The molecule has 13 N–H and O–H groups in total. The lowest BCUT2D eigenvalue weighted by Gasteiger charge is -2.31. The number of carboxylic acid groups (broad SMARTS) is 1. The highest BCUT2D eigenvalue weighted by Crippen LogP contribution is 2.23. The van der Waals surface area contributed by atoms with E-state index in [4.69, 9.17) is 17.2 Å². The number of carbonyl (C=O) groups excluding carboxylic acids is 6. The standard InChI is InChI=1S/C40H61N11O8/c1-23(2)20-31(39(58)59)50-35(54)28-13-7-16-33(52)46-27(14-8-18-44-40(42)43)34(53)48-29(12-5-6-17-41)38(57)51-19-9-15-32(51)37(56)49-30(36(55)47-28)21-24-22-45-26-11-4-3-10-25(24)26/h3-4,10-11,22-23,27-32,45H,5-9,12-21,41H2,1-2H3,(H,46,52)(H,47,55)(H,48,53)(H,49,56)(H,50,54)(H,58,59)(H4,42,43,44)/t27-,28-,29-,30-,31-,32-/m0/s1. The molecular formula is C40H61N11O8. The van der Waals surface area contributed by atoms with E-state index in [1.807, 2.05) is 38.1 Å². The number of aromatic amines is 1. The molecule has 19 heteroatoms. The molecule has 0 radical (unpaired) electrons. The van der Waals surface area contributed by atoms with Crippen molar-refractivity contribution in [2.75, 3.05) is 19.6 Å². The van der Waals surface area contributed by atoms with Crippen molar-refractivity contribution < 1.29 is 38.7 Å². The summed E-state index contributed by atoms with van der Waals surface area (Å²) in [7, 11) is 0. The lowest BCUT2D eigenvalue weighted by Crippen LogP contribution is -2.59. The van der Waals surface area contributed by atoms with Gasteiger partial charge in [-0.25, -0.2) is 4.79 Å². The monoisotopic (exact) mass is 823 g/mol. The fraction of sp³-hybridized carbons (Fsp3) is 0.600. The molecule has 3 heterocycles.